The minimum Gasteiger partial charge on any atom is -0.383 e. The van der Waals surface area contributed by atoms with Crippen LogP contribution in [0.2, 0.25) is 0 Å². The number of rotatable bonds is 2. The quantitative estimate of drug-likeness (QED) is 0.702. The van der Waals surface area contributed by atoms with Crippen molar-refractivity contribution in [2.24, 2.45) is 5.73 Å². The molecule has 14 heavy (non-hydrogen) atoms. The second kappa shape index (κ2) is 3.52. The first kappa shape index (κ1) is 10.3. The molecule has 4 nitrogen and oxygen atoms in total. The van der Waals surface area contributed by atoms with Crippen LogP contribution in [-0.2, 0) is 0 Å². The summed E-state index contributed by atoms with van der Waals surface area (Å²) in [7, 11) is 0. The Bertz CT molecular complexity index is 381. The molecular weight excluding hydrogens is 199 g/mol. The predicted octanol–water partition coefficient (Wildman–Crippen LogP) is 0.839. The fraction of sp³-hybridized carbons (Fsp3) is 0.143. The van der Waals surface area contributed by atoms with Gasteiger partial charge in [-0.3, -0.25) is 4.79 Å². The third kappa shape index (κ3) is 1.76. The molecule has 0 fully saturated rings. The SMILES string of the molecule is NC(=O)c1cc(F)nc(N)c1C(F)F. The van der Waals surface area contributed by atoms with Crippen LogP contribution in [0.25, 0.3) is 0 Å². The van der Waals surface area contributed by atoms with Gasteiger partial charge in [0.15, 0.2) is 0 Å². The Kier molecular flexibility index (Phi) is 2.59. The van der Waals surface area contributed by atoms with Gasteiger partial charge in [0.2, 0.25) is 11.9 Å². The summed E-state index contributed by atoms with van der Waals surface area (Å²) in [6.45, 7) is 0. The number of nitrogens with zero attached hydrogens (tertiary/aromatic N) is 1. The molecule has 0 radical (unpaired) electrons. The highest BCUT2D eigenvalue weighted by Gasteiger charge is 2.22. The molecule has 0 atom stereocenters. The van der Waals surface area contributed by atoms with Crippen molar-refractivity contribution < 1.29 is 18.0 Å². The van der Waals surface area contributed by atoms with Crippen LogP contribution >= 0.6 is 0 Å². The van der Waals surface area contributed by atoms with Gasteiger partial charge in [0.05, 0.1) is 11.1 Å². The van der Waals surface area contributed by atoms with Gasteiger partial charge in [0.25, 0.3) is 6.43 Å². The van der Waals surface area contributed by atoms with Crippen LogP contribution in [0.5, 0.6) is 0 Å². The molecule has 0 aliphatic rings. The molecule has 7 heteroatoms. The molecule has 0 aromatic carbocycles. The van der Waals surface area contributed by atoms with Crippen molar-refractivity contribution >= 4 is 11.7 Å². The fourth-order valence-electron chi connectivity index (χ4n) is 0.976. The van der Waals surface area contributed by atoms with E-state index in [9.17, 15) is 18.0 Å². The van der Waals surface area contributed by atoms with Crippen molar-refractivity contribution in [1.29, 1.82) is 0 Å². The molecule has 1 amide bonds. The van der Waals surface area contributed by atoms with Gasteiger partial charge in [-0.2, -0.15) is 4.39 Å². The number of carbonyl (C=O) groups is 1. The zero-order valence-electron chi connectivity index (χ0n) is 6.80. The summed E-state index contributed by atoms with van der Waals surface area (Å²) in [6.07, 6.45) is -3.02. The maximum Gasteiger partial charge on any atom is 0.268 e. The Hall–Kier alpha value is -1.79. The van der Waals surface area contributed by atoms with E-state index in [0.717, 1.165) is 0 Å². The van der Waals surface area contributed by atoms with Crippen molar-refractivity contribution in [2.75, 3.05) is 5.73 Å². The van der Waals surface area contributed by atoms with Gasteiger partial charge in [-0.05, 0) is 0 Å². The molecule has 0 saturated carbocycles. The average molecular weight is 205 g/mol. The normalized spacial score (nSPS) is 10.6. The number of primary amides is 1. The van der Waals surface area contributed by atoms with Gasteiger partial charge in [-0.25, -0.2) is 13.8 Å². The molecule has 4 N–H and O–H groups in total. The molecule has 76 valence electrons. The maximum absolute atomic E-state index is 12.6. The number of alkyl halides is 2. The number of anilines is 1. The van der Waals surface area contributed by atoms with Gasteiger partial charge in [0, 0.05) is 6.07 Å². The van der Waals surface area contributed by atoms with E-state index in [1.165, 1.54) is 0 Å². The molecule has 0 spiro atoms. The van der Waals surface area contributed by atoms with Gasteiger partial charge in [0.1, 0.15) is 5.82 Å². The smallest absolute Gasteiger partial charge is 0.268 e. The molecule has 0 aliphatic heterocycles. The lowest BCUT2D eigenvalue weighted by Gasteiger charge is -2.07. The largest absolute Gasteiger partial charge is 0.383 e. The van der Waals surface area contributed by atoms with Crippen molar-refractivity contribution in [3.63, 3.8) is 0 Å². The number of hydrogen-bond acceptors (Lipinski definition) is 3. The lowest BCUT2D eigenvalue weighted by molar-refractivity contribution is 0.0985. The Labute approximate surface area is 76.7 Å². The zero-order chi connectivity index (χ0) is 10.9. The highest BCUT2D eigenvalue weighted by molar-refractivity contribution is 5.95. The molecule has 1 aromatic heterocycles. The van der Waals surface area contributed by atoms with Gasteiger partial charge < -0.3 is 11.5 Å². The summed E-state index contributed by atoms with van der Waals surface area (Å²) >= 11 is 0. The summed E-state index contributed by atoms with van der Waals surface area (Å²) < 4.78 is 37.2. The van der Waals surface area contributed by atoms with E-state index in [2.05, 4.69) is 4.98 Å². The molecule has 1 aromatic rings. The average Bonchev–Trinajstić information content (AvgIpc) is 2.01. The van der Waals surface area contributed by atoms with Crippen LogP contribution in [0.3, 0.4) is 0 Å². The monoisotopic (exact) mass is 205 g/mol. The van der Waals surface area contributed by atoms with Crippen LogP contribution in [0, 0.1) is 5.95 Å². The zero-order valence-corrected chi connectivity index (χ0v) is 6.80. The third-order valence-corrected chi connectivity index (χ3v) is 1.54. The van der Waals surface area contributed by atoms with E-state index < -0.39 is 35.2 Å². The number of nitrogens with two attached hydrogens (primary N) is 2. The summed E-state index contributed by atoms with van der Waals surface area (Å²) in [4.78, 5) is 13.6. The van der Waals surface area contributed by atoms with E-state index in [0.29, 0.717) is 6.07 Å². The van der Waals surface area contributed by atoms with Crippen LogP contribution in [0.15, 0.2) is 6.07 Å². The second-order valence-electron chi connectivity index (χ2n) is 2.46. The first-order valence-corrected chi connectivity index (χ1v) is 3.47. The van der Waals surface area contributed by atoms with Crippen molar-refractivity contribution in [1.82, 2.24) is 4.98 Å². The number of pyridine rings is 1. The van der Waals surface area contributed by atoms with Gasteiger partial charge in [-0.15, -0.1) is 0 Å². The summed E-state index contributed by atoms with van der Waals surface area (Å²) in [6, 6.07) is 0.528. The maximum atomic E-state index is 12.6. The first-order chi connectivity index (χ1) is 6.43. The lowest BCUT2D eigenvalue weighted by Crippen LogP contribution is -2.17. The molecule has 0 unspecified atom stereocenters. The highest BCUT2D eigenvalue weighted by atomic mass is 19.3. The predicted molar refractivity (Wildman–Crippen MR) is 42.1 cm³/mol. The van der Waals surface area contributed by atoms with E-state index in [-0.39, 0.29) is 0 Å². The van der Waals surface area contributed by atoms with Crippen LogP contribution in [0.1, 0.15) is 22.3 Å². The van der Waals surface area contributed by atoms with Crippen molar-refractivity contribution in [3.05, 3.63) is 23.1 Å². The molecule has 1 rings (SSSR count). The molecular formula is C7H6F3N3O. The number of nitrogen functional groups attached to an aromatic ring is 1. The van der Waals surface area contributed by atoms with Crippen LogP contribution in [-0.4, -0.2) is 10.9 Å². The Morgan fingerprint density at radius 1 is 1.50 bits per heavy atom. The number of halogens is 3. The van der Waals surface area contributed by atoms with Crippen molar-refractivity contribution in [3.8, 4) is 0 Å². The molecule has 1 heterocycles. The topological polar surface area (TPSA) is 82.0 Å². The summed E-state index contributed by atoms with van der Waals surface area (Å²) in [5, 5.41) is 0. The Morgan fingerprint density at radius 2 is 2.07 bits per heavy atom. The van der Waals surface area contributed by atoms with Crippen LogP contribution < -0.4 is 11.5 Å². The number of aromatic nitrogens is 1. The van der Waals surface area contributed by atoms with E-state index in [1.54, 1.807) is 0 Å². The van der Waals surface area contributed by atoms with Crippen molar-refractivity contribution in [2.45, 2.75) is 6.43 Å². The number of carbonyl (C=O) groups excluding carboxylic acids is 1. The van der Waals surface area contributed by atoms with E-state index in [4.69, 9.17) is 11.5 Å². The Balaban J connectivity index is 3.44. The standard InChI is InChI=1S/C7H6F3N3O/c8-3-1-2(7(12)14)4(5(9)10)6(11)13-3/h1,5H,(H2,11,13)(H2,12,14). The Morgan fingerprint density at radius 3 is 2.50 bits per heavy atom. The minimum atomic E-state index is -3.02. The molecule has 0 saturated heterocycles. The number of hydrogen-bond donors (Lipinski definition) is 2. The van der Waals surface area contributed by atoms with Gasteiger partial charge in [-0.1, -0.05) is 0 Å². The highest BCUT2D eigenvalue weighted by Crippen LogP contribution is 2.27. The third-order valence-electron chi connectivity index (χ3n) is 1.54. The lowest BCUT2D eigenvalue weighted by atomic mass is 10.1. The minimum absolute atomic E-state index is 0.528. The van der Waals surface area contributed by atoms with Crippen LogP contribution in [0.4, 0.5) is 19.0 Å². The van der Waals surface area contributed by atoms with E-state index in [1.807, 2.05) is 0 Å². The van der Waals surface area contributed by atoms with E-state index >= 15 is 0 Å². The molecule has 0 aliphatic carbocycles. The number of amides is 1. The first-order valence-electron chi connectivity index (χ1n) is 3.47. The van der Waals surface area contributed by atoms with Gasteiger partial charge >= 0.3 is 0 Å². The summed E-state index contributed by atoms with van der Waals surface area (Å²) in [5.41, 5.74) is 8.31. The second-order valence-corrected chi connectivity index (χ2v) is 2.46. The fourth-order valence-corrected chi connectivity index (χ4v) is 0.976. The molecule has 0 bridgehead atoms. The summed E-state index contributed by atoms with van der Waals surface area (Å²) in [5.74, 6) is -3.03.